The van der Waals surface area contributed by atoms with Crippen molar-refractivity contribution in [3.8, 4) is 16.9 Å². The first-order chi connectivity index (χ1) is 17.6. The predicted octanol–water partition coefficient (Wildman–Crippen LogP) is 5.03. The Balaban J connectivity index is 1.50. The van der Waals surface area contributed by atoms with E-state index in [1.165, 1.54) is 0 Å². The van der Waals surface area contributed by atoms with Gasteiger partial charge in [0.15, 0.2) is 0 Å². The van der Waals surface area contributed by atoms with Gasteiger partial charge < -0.3 is 29.0 Å². The second-order valence-corrected chi connectivity index (χ2v) is 9.20. The van der Waals surface area contributed by atoms with Crippen LogP contribution in [0.1, 0.15) is 38.2 Å². The van der Waals surface area contributed by atoms with Gasteiger partial charge in [0.1, 0.15) is 12.4 Å². The number of carbonyl (C=O) groups is 1. The van der Waals surface area contributed by atoms with Gasteiger partial charge in [-0.3, -0.25) is 0 Å². The van der Waals surface area contributed by atoms with Crippen LogP contribution in [0, 0.1) is 0 Å². The van der Waals surface area contributed by atoms with Gasteiger partial charge in [-0.1, -0.05) is 31.5 Å². The van der Waals surface area contributed by atoms with Gasteiger partial charge in [-0.2, -0.15) is 0 Å². The lowest BCUT2D eigenvalue weighted by molar-refractivity contribution is -0.132. The average molecular weight is 496 g/mol. The standard InChI is InChI=1S/C29H37NO6/c1-2-3-13-33-14-16-35-26-9-6-22(7-10-26)23-8-11-28-25(18-23)19-24(29(31)32)5-4-12-30(28)20-27-21-34-15-17-36-27/h6-11,18-19,27H,2-5,12-17,20-21H2,1H3,(H,31,32)/b24-19+/t27-/m1/s1. The Bertz CT molecular complexity index is 1010. The van der Waals surface area contributed by atoms with Crippen LogP contribution in [0.3, 0.4) is 0 Å². The molecule has 2 aliphatic heterocycles. The summed E-state index contributed by atoms with van der Waals surface area (Å²) in [6, 6.07) is 14.2. The van der Waals surface area contributed by atoms with E-state index < -0.39 is 5.97 Å². The molecule has 2 aliphatic rings. The second kappa shape index (κ2) is 13.4. The number of ether oxygens (including phenoxy) is 4. The third-order valence-electron chi connectivity index (χ3n) is 6.48. The first kappa shape index (κ1) is 26.2. The van der Waals surface area contributed by atoms with Gasteiger partial charge in [0.2, 0.25) is 0 Å². The summed E-state index contributed by atoms with van der Waals surface area (Å²) in [6.07, 6.45) is 5.34. The van der Waals surface area contributed by atoms with Gasteiger partial charge >= 0.3 is 5.97 Å². The van der Waals surface area contributed by atoms with Crippen LogP contribution in [-0.4, -0.2) is 69.9 Å². The van der Waals surface area contributed by atoms with Crippen molar-refractivity contribution in [2.24, 2.45) is 0 Å². The zero-order valence-electron chi connectivity index (χ0n) is 21.1. The summed E-state index contributed by atoms with van der Waals surface area (Å²) in [5.74, 6) is -0.0537. The van der Waals surface area contributed by atoms with Gasteiger partial charge in [-0.25, -0.2) is 4.79 Å². The Labute approximate surface area is 213 Å². The Morgan fingerprint density at radius 2 is 1.92 bits per heavy atom. The van der Waals surface area contributed by atoms with Crippen LogP contribution >= 0.6 is 0 Å². The van der Waals surface area contributed by atoms with Crippen LogP contribution in [0.25, 0.3) is 17.2 Å². The van der Waals surface area contributed by atoms with Crippen molar-refractivity contribution < 1.29 is 28.8 Å². The van der Waals surface area contributed by atoms with E-state index >= 15 is 0 Å². The van der Waals surface area contributed by atoms with E-state index in [9.17, 15) is 9.90 Å². The normalized spacial score (nSPS) is 19.5. The molecule has 1 saturated heterocycles. The SMILES string of the molecule is CCCCOCCOc1ccc(-c2ccc3c(c2)/C=C(/C(=O)O)CCCN3C[C@@H]2COCCO2)cc1. The topological polar surface area (TPSA) is 77.5 Å². The number of benzene rings is 2. The van der Waals surface area contributed by atoms with E-state index in [-0.39, 0.29) is 6.10 Å². The number of hydrogen-bond donors (Lipinski definition) is 1. The number of hydrogen-bond acceptors (Lipinski definition) is 6. The molecule has 2 aromatic carbocycles. The number of unbranched alkanes of at least 4 members (excludes halogenated alkanes) is 1. The fourth-order valence-electron chi connectivity index (χ4n) is 4.54. The van der Waals surface area contributed by atoms with Gasteiger partial charge in [-0.15, -0.1) is 0 Å². The quantitative estimate of drug-likeness (QED) is 0.438. The Kier molecular flexibility index (Phi) is 9.78. The Morgan fingerprint density at radius 3 is 2.67 bits per heavy atom. The van der Waals surface area contributed by atoms with Crippen molar-refractivity contribution in [3.63, 3.8) is 0 Å². The van der Waals surface area contributed by atoms with Crippen LogP contribution in [0.4, 0.5) is 5.69 Å². The van der Waals surface area contributed by atoms with E-state index in [1.54, 1.807) is 0 Å². The molecule has 0 saturated carbocycles. The van der Waals surface area contributed by atoms with Crippen LogP contribution in [-0.2, 0) is 19.0 Å². The average Bonchev–Trinajstić information content (AvgIpc) is 2.89. The summed E-state index contributed by atoms with van der Waals surface area (Å²) in [6.45, 7) is 7.34. The number of carboxylic acids is 1. The highest BCUT2D eigenvalue weighted by Crippen LogP contribution is 2.33. The van der Waals surface area contributed by atoms with E-state index in [0.717, 1.165) is 67.1 Å². The van der Waals surface area contributed by atoms with Crippen molar-refractivity contribution in [1.82, 2.24) is 0 Å². The lowest BCUT2D eigenvalue weighted by Gasteiger charge is -2.33. The number of carboxylic acid groups (broad SMARTS) is 1. The minimum Gasteiger partial charge on any atom is -0.491 e. The van der Waals surface area contributed by atoms with E-state index in [0.29, 0.717) is 45.0 Å². The minimum atomic E-state index is -0.857. The number of fused-ring (bicyclic) bond motifs is 1. The highest BCUT2D eigenvalue weighted by atomic mass is 16.6. The number of aliphatic carboxylic acids is 1. The molecule has 36 heavy (non-hydrogen) atoms. The first-order valence-electron chi connectivity index (χ1n) is 13.0. The van der Waals surface area contributed by atoms with Crippen LogP contribution in [0.15, 0.2) is 48.0 Å². The predicted molar refractivity (Wildman–Crippen MR) is 141 cm³/mol. The molecule has 0 amide bonds. The molecule has 4 rings (SSSR count). The van der Waals surface area contributed by atoms with Gasteiger partial charge in [-0.05, 0) is 66.3 Å². The third kappa shape index (κ3) is 7.32. The number of anilines is 1. The van der Waals surface area contributed by atoms with Gasteiger partial charge in [0.05, 0.1) is 32.5 Å². The molecule has 194 valence electrons. The molecule has 0 radical (unpaired) electrons. The van der Waals surface area contributed by atoms with Crippen LogP contribution in [0.2, 0.25) is 0 Å². The molecule has 1 N–H and O–H groups in total. The Morgan fingerprint density at radius 1 is 1.08 bits per heavy atom. The zero-order valence-corrected chi connectivity index (χ0v) is 21.1. The smallest absolute Gasteiger partial charge is 0.331 e. The monoisotopic (exact) mass is 495 g/mol. The molecular formula is C29H37NO6. The zero-order chi connectivity index (χ0) is 25.2. The fourth-order valence-corrected chi connectivity index (χ4v) is 4.54. The van der Waals surface area contributed by atoms with E-state index in [2.05, 4.69) is 30.0 Å². The van der Waals surface area contributed by atoms with Crippen molar-refractivity contribution >= 4 is 17.7 Å². The van der Waals surface area contributed by atoms with Crippen molar-refractivity contribution in [3.05, 3.63) is 53.6 Å². The highest BCUT2D eigenvalue weighted by molar-refractivity contribution is 5.94. The number of rotatable bonds is 11. The highest BCUT2D eigenvalue weighted by Gasteiger charge is 2.23. The molecule has 7 heteroatoms. The molecule has 0 bridgehead atoms. The molecule has 2 heterocycles. The number of nitrogens with zero attached hydrogens (tertiary/aromatic N) is 1. The minimum absolute atomic E-state index is 0.0122. The fraction of sp³-hybridized carbons (Fsp3) is 0.483. The molecule has 2 aromatic rings. The molecule has 0 aromatic heterocycles. The van der Waals surface area contributed by atoms with E-state index in [4.69, 9.17) is 18.9 Å². The summed E-state index contributed by atoms with van der Waals surface area (Å²) in [7, 11) is 0. The molecule has 7 nitrogen and oxygen atoms in total. The lowest BCUT2D eigenvalue weighted by atomic mass is 9.96. The lowest BCUT2D eigenvalue weighted by Crippen LogP contribution is -2.41. The molecule has 1 fully saturated rings. The first-order valence-corrected chi connectivity index (χ1v) is 13.0. The maximum atomic E-state index is 11.8. The van der Waals surface area contributed by atoms with Gasteiger partial charge in [0, 0.05) is 31.0 Å². The van der Waals surface area contributed by atoms with Crippen molar-refractivity contribution in [2.45, 2.75) is 38.7 Å². The molecule has 0 unspecified atom stereocenters. The maximum Gasteiger partial charge on any atom is 0.331 e. The maximum absolute atomic E-state index is 11.8. The largest absolute Gasteiger partial charge is 0.491 e. The molecule has 0 spiro atoms. The molecule has 1 atom stereocenters. The second-order valence-electron chi connectivity index (χ2n) is 9.20. The summed E-state index contributed by atoms with van der Waals surface area (Å²) in [4.78, 5) is 14.1. The van der Waals surface area contributed by atoms with Crippen molar-refractivity contribution in [1.29, 1.82) is 0 Å². The summed E-state index contributed by atoms with van der Waals surface area (Å²) in [5, 5.41) is 9.71. The summed E-state index contributed by atoms with van der Waals surface area (Å²) in [5.41, 5.74) is 4.45. The molecular weight excluding hydrogens is 458 g/mol. The summed E-state index contributed by atoms with van der Waals surface area (Å²) >= 11 is 0. The molecule has 0 aliphatic carbocycles. The van der Waals surface area contributed by atoms with E-state index in [1.807, 2.05) is 30.3 Å². The van der Waals surface area contributed by atoms with Crippen LogP contribution in [0.5, 0.6) is 5.75 Å². The van der Waals surface area contributed by atoms with Crippen LogP contribution < -0.4 is 9.64 Å². The Hall–Kier alpha value is -2.87. The summed E-state index contributed by atoms with van der Waals surface area (Å²) < 4.78 is 22.8. The third-order valence-corrected chi connectivity index (χ3v) is 6.48. The van der Waals surface area contributed by atoms with Crippen molar-refractivity contribution in [2.75, 3.05) is 57.6 Å². The van der Waals surface area contributed by atoms with Gasteiger partial charge in [0.25, 0.3) is 0 Å².